The van der Waals surface area contributed by atoms with E-state index in [2.05, 4.69) is 5.32 Å². The number of carbonyl (C=O) groups excluding carboxylic acids is 1. The predicted octanol–water partition coefficient (Wildman–Crippen LogP) is 2.34. The highest BCUT2D eigenvalue weighted by atomic mass is 16.5. The Kier molecular flexibility index (Phi) is 4.61. The molecule has 7 nitrogen and oxygen atoms in total. The van der Waals surface area contributed by atoms with Crippen molar-refractivity contribution in [2.75, 3.05) is 12.4 Å². The summed E-state index contributed by atoms with van der Waals surface area (Å²) >= 11 is 0. The van der Waals surface area contributed by atoms with Crippen molar-refractivity contribution in [2.24, 2.45) is 0 Å². The van der Waals surface area contributed by atoms with E-state index in [9.17, 15) is 19.5 Å². The average Bonchev–Trinajstić information content (AvgIpc) is 2.54. The third-order valence-corrected chi connectivity index (χ3v) is 3.11. The second-order valence-corrected chi connectivity index (χ2v) is 4.52. The Morgan fingerprint density at radius 2 is 1.61 bits per heavy atom. The van der Waals surface area contributed by atoms with Gasteiger partial charge in [0.2, 0.25) is 0 Å². The molecule has 2 aromatic rings. The first-order chi connectivity index (χ1) is 10.9. The maximum Gasteiger partial charge on any atom is 0.338 e. The number of ether oxygens (including phenoxy) is 1. The maximum atomic E-state index is 12.2. The van der Waals surface area contributed by atoms with Gasteiger partial charge in [0.25, 0.3) is 5.91 Å². The van der Waals surface area contributed by atoms with E-state index in [1.165, 1.54) is 31.4 Å². The Bertz CT molecular complexity index is 767. The summed E-state index contributed by atoms with van der Waals surface area (Å²) in [6.45, 7) is 0. The molecular formula is C16H13NO6. The first kappa shape index (κ1) is 16.0. The zero-order valence-corrected chi connectivity index (χ0v) is 12.1. The molecule has 0 fully saturated rings. The summed E-state index contributed by atoms with van der Waals surface area (Å²) in [4.78, 5) is 34.6. The predicted molar refractivity (Wildman–Crippen MR) is 81.3 cm³/mol. The van der Waals surface area contributed by atoms with Gasteiger partial charge in [0, 0.05) is 5.56 Å². The highest BCUT2D eigenvalue weighted by molar-refractivity contribution is 6.11. The fourth-order valence-electron chi connectivity index (χ4n) is 2.00. The quantitative estimate of drug-likeness (QED) is 0.780. The first-order valence-corrected chi connectivity index (χ1v) is 6.49. The van der Waals surface area contributed by atoms with Crippen molar-refractivity contribution in [1.82, 2.24) is 0 Å². The van der Waals surface area contributed by atoms with Gasteiger partial charge in [0.1, 0.15) is 5.75 Å². The summed E-state index contributed by atoms with van der Waals surface area (Å²) in [6.07, 6.45) is 0. The fraction of sp³-hybridized carbons (Fsp3) is 0.0625. The average molecular weight is 315 g/mol. The van der Waals surface area contributed by atoms with E-state index in [4.69, 9.17) is 9.84 Å². The minimum atomic E-state index is -1.44. The minimum Gasteiger partial charge on any atom is -0.497 e. The summed E-state index contributed by atoms with van der Waals surface area (Å²) in [5.74, 6) is -2.81. The molecule has 0 heterocycles. The van der Waals surface area contributed by atoms with Crippen LogP contribution in [0.3, 0.4) is 0 Å². The molecule has 0 radical (unpaired) electrons. The summed E-state index contributed by atoms with van der Waals surface area (Å²) < 4.78 is 4.99. The lowest BCUT2D eigenvalue weighted by Gasteiger charge is -2.11. The van der Waals surface area contributed by atoms with Crippen LogP contribution in [0, 0.1) is 0 Å². The Balaban J connectivity index is 2.35. The highest BCUT2D eigenvalue weighted by Crippen LogP contribution is 2.21. The molecule has 7 heteroatoms. The van der Waals surface area contributed by atoms with Crippen LogP contribution in [0.4, 0.5) is 5.69 Å². The Morgan fingerprint density at radius 1 is 0.957 bits per heavy atom. The molecule has 0 unspecified atom stereocenters. The number of benzene rings is 2. The van der Waals surface area contributed by atoms with Crippen molar-refractivity contribution in [1.29, 1.82) is 0 Å². The van der Waals surface area contributed by atoms with Crippen LogP contribution in [-0.2, 0) is 0 Å². The number of carboxylic acids is 2. The summed E-state index contributed by atoms with van der Waals surface area (Å²) in [6, 6.07) is 10.0. The number of carboxylic acid groups (broad SMARTS) is 2. The molecule has 0 spiro atoms. The van der Waals surface area contributed by atoms with Gasteiger partial charge >= 0.3 is 11.9 Å². The SMILES string of the molecule is COc1ccc(C(=O)Nc2cccc(C(=O)O)c2C(=O)O)cc1. The van der Waals surface area contributed by atoms with Crippen molar-refractivity contribution in [3.05, 3.63) is 59.2 Å². The van der Waals surface area contributed by atoms with Gasteiger partial charge in [-0.2, -0.15) is 0 Å². The van der Waals surface area contributed by atoms with Crippen LogP contribution in [0.5, 0.6) is 5.75 Å². The number of carbonyl (C=O) groups is 3. The highest BCUT2D eigenvalue weighted by Gasteiger charge is 2.21. The third-order valence-electron chi connectivity index (χ3n) is 3.11. The summed E-state index contributed by atoms with van der Waals surface area (Å²) in [7, 11) is 1.49. The second kappa shape index (κ2) is 6.61. The topological polar surface area (TPSA) is 113 Å². The number of aromatic carboxylic acids is 2. The lowest BCUT2D eigenvalue weighted by molar-refractivity contribution is 0.0652. The molecular weight excluding hydrogens is 302 g/mol. The van der Waals surface area contributed by atoms with Crippen LogP contribution in [0.15, 0.2) is 42.5 Å². The number of methoxy groups -OCH3 is 1. The molecule has 2 aromatic carbocycles. The first-order valence-electron chi connectivity index (χ1n) is 6.49. The maximum absolute atomic E-state index is 12.2. The van der Waals surface area contributed by atoms with Crippen LogP contribution >= 0.6 is 0 Å². The molecule has 1 amide bonds. The lowest BCUT2D eigenvalue weighted by atomic mass is 10.0. The van der Waals surface area contributed by atoms with E-state index in [0.29, 0.717) is 5.75 Å². The van der Waals surface area contributed by atoms with Gasteiger partial charge in [-0.15, -0.1) is 0 Å². The monoisotopic (exact) mass is 315 g/mol. The number of amides is 1. The van der Waals surface area contributed by atoms with Crippen LogP contribution in [-0.4, -0.2) is 35.2 Å². The molecule has 118 valence electrons. The molecule has 0 bridgehead atoms. The van der Waals surface area contributed by atoms with E-state index in [1.807, 2.05) is 0 Å². The van der Waals surface area contributed by atoms with E-state index in [-0.39, 0.29) is 11.3 Å². The molecule has 0 aliphatic carbocycles. The van der Waals surface area contributed by atoms with Gasteiger partial charge < -0.3 is 20.3 Å². The van der Waals surface area contributed by atoms with Gasteiger partial charge in [-0.1, -0.05) is 6.07 Å². The third kappa shape index (κ3) is 3.46. The number of hydrogen-bond acceptors (Lipinski definition) is 4. The molecule has 0 saturated heterocycles. The van der Waals surface area contributed by atoms with Crippen molar-refractivity contribution in [2.45, 2.75) is 0 Å². The van der Waals surface area contributed by atoms with E-state index in [1.54, 1.807) is 12.1 Å². The fourth-order valence-corrected chi connectivity index (χ4v) is 2.00. The number of nitrogens with one attached hydrogen (secondary N) is 1. The standard InChI is InChI=1S/C16H13NO6/c1-23-10-7-5-9(6-8-10)14(18)17-12-4-2-3-11(15(19)20)13(12)16(21)22/h2-8H,1H3,(H,17,18)(H,19,20)(H,21,22). The molecule has 0 aliphatic heterocycles. The molecule has 0 saturated carbocycles. The zero-order valence-electron chi connectivity index (χ0n) is 12.1. The van der Waals surface area contributed by atoms with Crippen LogP contribution in [0.25, 0.3) is 0 Å². The normalized spacial score (nSPS) is 9.96. The molecule has 0 atom stereocenters. The van der Waals surface area contributed by atoms with Gasteiger partial charge in [-0.3, -0.25) is 4.79 Å². The van der Waals surface area contributed by atoms with Gasteiger partial charge in [-0.25, -0.2) is 9.59 Å². The Labute approximate surface area is 131 Å². The number of rotatable bonds is 5. The summed E-state index contributed by atoms with van der Waals surface area (Å²) in [5.41, 5.74) is -0.673. The summed E-state index contributed by atoms with van der Waals surface area (Å²) in [5, 5.41) is 20.7. The number of anilines is 1. The van der Waals surface area contributed by atoms with E-state index >= 15 is 0 Å². The Morgan fingerprint density at radius 3 is 2.13 bits per heavy atom. The molecule has 0 aliphatic rings. The molecule has 2 rings (SSSR count). The lowest BCUT2D eigenvalue weighted by Crippen LogP contribution is -2.17. The van der Waals surface area contributed by atoms with Gasteiger partial charge in [0.05, 0.1) is 23.9 Å². The van der Waals surface area contributed by atoms with Gasteiger partial charge in [-0.05, 0) is 36.4 Å². The van der Waals surface area contributed by atoms with E-state index in [0.717, 1.165) is 6.07 Å². The Hall–Kier alpha value is -3.35. The van der Waals surface area contributed by atoms with Crippen molar-refractivity contribution in [3.8, 4) is 5.75 Å². The van der Waals surface area contributed by atoms with Crippen molar-refractivity contribution < 1.29 is 29.3 Å². The minimum absolute atomic E-state index is 0.0850. The zero-order chi connectivity index (χ0) is 17.0. The van der Waals surface area contributed by atoms with Crippen LogP contribution in [0.1, 0.15) is 31.1 Å². The van der Waals surface area contributed by atoms with Crippen LogP contribution < -0.4 is 10.1 Å². The van der Waals surface area contributed by atoms with Crippen LogP contribution in [0.2, 0.25) is 0 Å². The smallest absolute Gasteiger partial charge is 0.338 e. The largest absolute Gasteiger partial charge is 0.497 e. The van der Waals surface area contributed by atoms with Crippen molar-refractivity contribution >= 4 is 23.5 Å². The molecule has 0 aromatic heterocycles. The van der Waals surface area contributed by atoms with Crippen molar-refractivity contribution in [3.63, 3.8) is 0 Å². The molecule has 3 N–H and O–H groups in total. The second-order valence-electron chi connectivity index (χ2n) is 4.52. The van der Waals surface area contributed by atoms with E-state index < -0.39 is 29.0 Å². The van der Waals surface area contributed by atoms with Gasteiger partial charge in [0.15, 0.2) is 0 Å². The molecule has 23 heavy (non-hydrogen) atoms. The number of hydrogen-bond donors (Lipinski definition) is 3.